The molecule has 0 bridgehead atoms. The largest absolute Gasteiger partial charge is 0.495 e. The first kappa shape index (κ1) is 20.1. The van der Waals surface area contributed by atoms with E-state index in [1.54, 1.807) is 12.4 Å². The van der Waals surface area contributed by atoms with Gasteiger partial charge in [0.2, 0.25) is 0 Å². The molecule has 0 spiro atoms. The number of carboxylic acids is 1. The Bertz CT molecular complexity index is 790. The molecule has 1 N–H and O–H groups in total. The van der Waals surface area contributed by atoms with Crippen LogP contribution in [0.2, 0.25) is 0 Å². The van der Waals surface area contributed by atoms with E-state index in [1.165, 1.54) is 0 Å². The van der Waals surface area contributed by atoms with Gasteiger partial charge in [-0.2, -0.15) is 13.2 Å². The fourth-order valence-corrected chi connectivity index (χ4v) is 2.18. The minimum Gasteiger partial charge on any atom is -0.475 e. The number of fused-ring (bicyclic) bond motifs is 1. The van der Waals surface area contributed by atoms with Gasteiger partial charge in [0.05, 0.1) is 11.2 Å². The van der Waals surface area contributed by atoms with Gasteiger partial charge >= 0.3 is 19.3 Å². The second-order valence-electron chi connectivity index (χ2n) is 6.67. The van der Waals surface area contributed by atoms with E-state index < -0.39 is 12.1 Å². The van der Waals surface area contributed by atoms with Gasteiger partial charge in [-0.15, -0.1) is 0 Å². The molecule has 1 aliphatic rings. The molecule has 1 aliphatic heterocycles. The van der Waals surface area contributed by atoms with Gasteiger partial charge in [-0.25, -0.2) is 14.8 Å². The van der Waals surface area contributed by atoms with E-state index in [0.717, 1.165) is 16.5 Å². The van der Waals surface area contributed by atoms with Crippen LogP contribution in [0.25, 0.3) is 11.0 Å². The molecule has 0 aromatic carbocycles. The van der Waals surface area contributed by atoms with Gasteiger partial charge in [0.15, 0.2) is 5.65 Å². The average molecular weight is 370 g/mol. The number of pyridine rings is 2. The first-order valence-electron chi connectivity index (χ1n) is 7.70. The third-order valence-electron chi connectivity index (χ3n) is 4.30. The van der Waals surface area contributed by atoms with E-state index in [0.29, 0.717) is 0 Å². The van der Waals surface area contributed by atoms with E-state index in [4.69, 9.17) is 19.2 Å². The number of aromatic nitrogens is 2. The predicted octanol–water partition coefficient (Wildman–Crippen LogP) is 2.56. The molecule has 6 nitrogen and oxygen atoms in total. The Balaban J connectivity index is 0.000000298. The third kappa shape index (κ3) is 4.13. The van der Waals surface area contributed by atoms with E-state index in [2.05, 4.69) is 37.7 Å². The van der Waals surface area contributed by atoms with Gasteiger partial charge < -0.3 is 14.4 Å². The van der Waals surface area contributed by atoms with Gasteiger partial charge in [0.25, 0.3) is 0 Å². The van der Waals surface area contributed by atoms with Gasteiger partial charge in [-0.1, -0.05) is 6.07 Å². The molecule has 0 amide bonds. The fraction of sp³-hybridized carbons (Fsp3) is 0.438. The Hall–Kier alpha value is -2.20. The number of hydrogen-bond donors (Lipinski definition) is 1. The van der Waals surface area contributed by atoms with Crippen LogP contribution in [0.5, 0.6) is 0 Å². The van der Waals surface area contributed by atoms with Crippen molar-refractivity contribution in [2.75, 3.05) is 0 Å². The van der Waals surface area contributed by atoms with Crippen LogP contribution in [-0.4, -0.2) is 45.5 Å². The summed E-state index contributed by atoms with van der Waals surface area (Å²) in [7, 11) is -0.375. The van der Waals surface area contributed by atoms with E-state index in [-0.39, 0.29) is 18.3 Å². The molecule has 0 saturated carbocycles. The molecule has 2 aromatic heterocycles. The molecule has 0 unspecified atom stereocenters. The van der Waals surface area contributed by atoms with Crippen molar-refractivity contribution in [3.8, 4) is 0 Å². The molecular formula is C16H18BF3N2O4. The molecule has 2 aromatic rings. The minimum absolute atomic E-state index is 0.338. The number of carbonyl (C=O) groups is 1. The number of alkyl halides is 3. The molecule has 0 radical (unpaired) electrons. The molecule has 26 heavy (non-hydrogen) atoms. The van der Waals surface area contributed by atoms with Crippen molar-refractivity contribution in [3.05, 3.63) is 30.6 Å². The van der Waals surface area contributed by atoms with Crippen molar-refractivity contribution < 1.29 is 32.4 Å². The Kier molecular flexibility index (Phi) is 5.30. The first-order chi connectivity index (χ1) is 11.8. The quantitative estimate of drug-likeness (QED) is 0.778. The molecule has 1 saturated heterocycles. The van der Waals surface area contributed by atoms with E-state index in [9.17, 15) is 13.2 Å². The summed E-state index contributed by atoms with van der Waals surface area (Å²) >= 11 is 0. The topological polar surface area (TPSA) is 81.5 Å². The van der Waals surface area contributed by atoms with Crippen LogP contribution >= 0.6 is 0 Å². The highest BCUT2D eigenvalue weighted by Gasteiger charge is 2.52. The molecule has 3 heterocycles. The van der Waals surface area contributed by atoms with E-state index >= 15 is 0 Å². The van der Waals surface area contributed by atoms with Crippen LogP contribution in [0.3, 0.4) is 0 Å². The second kappa shape index (κ2) is 6.84. The number of carboxylic acid groups (broad SMARTS) is 1. The number of aliphatic carboxylic acids is 1. The van der Waals surface area contributed by atoms with Crippen LogP contribution in [-0.2, 0) is 14.1 Å². The van der Waals surface area contributed by atoms with Gasteiger partial charge in [-0.05, 0) is 45.3 Å². The molecule has 1 fully saturated rings. The summed E-state index contributed by atoms with van der Waals surface area (Å²) in [5.41, 5.74) is 1.02. The fourth-order valence-electron chi connectivity index (χ4n) is 2.18. The van der Waals surface area contributed by atoms with Crippen LogP contribution in [0.15, 0.2) is 30.6 Å². The van der Waals surface area contributed by atoms with Crippen LogP contribution in [0.1, 0.15) is 27.7 Å². The highest BCUT2D eigenvalue weighted by atomic mass is 19.4. The standard InChI is InChI=1S/C14H17BN2O2.C2HF3O2/c1-13(2)14(3,4)19-15(18-13)11-7-9-17-12-10(11)6-5-8-16-12;3-2(4,5)1(6)7/h5-9H,1-4H3;(H,6,7). The molecular weight excluding hydrogens is 352 g/mol. The summed E-state index contributed by atoms with van der Waals surface area (Å²) in [6.45, 7) is 8.20. The van der Waals surface area contributed by atoms with Crippen LogP contribution in [0, 0.1) is 0 Å². The lowest BCUT2D eigenvalue weighted by Gasteiger charge is -2.32. The Morgan fingerprint density at radius 2 is 1.58 bits per heavy atom. The lowest BCUT2D eigenvalue weighted by Crippen LogP contribution is -2.41. The molecule has 10 heteroatoms. The van der Waals surface area contributed by atoms with Gasteiger partial charge in [0, 0.05) is 17.8 Å². The second-order valence-corrected chi connectivity index (χ2v) is 6.67. The first-order valence-corrected chi connectivity index (χ1v) is 7.70. The molecule has 0 aliphatic carbocycles. The van der Waals surface area contributed by atoms with Gasteiger partial charge in [-0.3, -0.25) is 0 Å². The Morgan fingerprint density at radius 3 is 2.08 bits per heavy atom. The summed E-state index contributed by atoms with van der Waals surface area (Å²) in [5, 5.41) is 8.10. The summed E-state index contributed by atoms with van der Waals surface area (Å²) < 4.78 is 43.9. The molecule has 0 atom stereocenters. The molecule has 140 valence electrons. The van der Waals surface area contributed by atoms with Crippen molar-refractivity contribution in [2.24, 2.45) is 0 Å². The monoisotopic (exact) mass is 370 g/mol. The minimum atomic E-state index is -5.08. The van der Waals surface area contributed by atoms with Gasteiger partial charge in [0.1, 0.15) is 0 Å². The van der Waals surface area contributed by atoms with Crippen molar-refractivity contribution in [2.45, 2.75) is 45.1 Å². The average Bonchev–Trinajstić information content (AvgIpc) is 2.74. The maximum absolute atomic E-state index is 10.6. The summed E-state index contributed by atoms with van der Waals surface area (Å²) in [6.07, 6.45) is -1.60. The maximum Gasteiger partial charge on any atom is 0.495 e. The number of rotatable bonds is 1. The maximum atomic E-state index is 10.6. The van der Waals surface area contributed by atoms with E-state index in [1.807, 2.05) is 18.2 Å². The highest BCUT2D eigenvalue weighted by molar-refractivity contribution is 6.65. The lowest BCUT2D eigenvalue weighted by molar-refractivity contribution is -0.192. The zero-order valence-corrected chi connectivity index (χ0v) is 14.7. The predicted molar refractivity (Wildman–Crippen MR) is 88.9 cm³/mol. The Labute approximate surface area is 148 Å². The molecule has 3 rings (SSSR count). The zero-order valence-electron chi connectivity index (χ0n) is 14.7. The number of halogens is 3. The third-order valence-corrected chi connectivity index (χ3v) is 4.30. The van der Waals surface area contributed by atoms with Crippen molar-refractivity contribution in [3.63, 3.8) is 0 Å². The normalized spacial score (nSPS) is 18.3. The number of hydrogen-bond acceptors (Lipinski definition) is 5. The smallest absolute Gasteiger partial charge is 0.475 e. The summed E-state index contributed by atoms with van der Waals surface area (Å²) in [6, 6.07) is 5.83. The highest BCUT2D eigenvalue weighted by Crippen LogP contribution is 2.36. The lowest BCUT2D eigenvalue weighted by atomic mass is 9.77. The Morgan fingerprint density at radius 1 is 1.08 bits per heavy atom. The SMILES string of the molecule is CC1(C)OB(c2ccnc3ncccc23)OC1(C)C.O=C(O)C(F)(F)F. The summed E-state index contributed by atoms with van der Waals surface area (Å²) in [4.78, 5) is 17.4. The van der Waals surface area contributed by atoms with Crippen molar-refractivity contribution >= 4 is 29.6 Å². The van der Waals surface area contributed by atoms with Crippen molar-refractivity contribution in [1.82, 2.24) is 9.97 Å². The zero-order chi connectivity index (χ0) is 19.8. The summed E-state index contributed by atoms with van der Waals surface area (Å²) in [5.74, 6) is -2.76. The number of nitrogens with zero attached hydrogens (tertiary/aromatic N) is 2. The van der Waals surface area contributed by atoms with Crippen LogP contribution < -0.4 is 5.46 Å². The van der Waals surface area contributed by atoms with Crippen LogP contribution in [0.4, 0.5) is 13.2 Å². The van der Waals surface area contributed by atoms with Crippen molar-refractivity contribution in [1.29, 1.82) is 0 Å².